The highest BCUT2D eigenvalue weighted by Gasteiger charge is 2.36. The van der Waals surface area contributed by atoms with Crippen molar-refractivity contribution >= 4 is 0 Å². The molecule has 0 amide bonds. The van der Waals surface area contributed by atoms with Gasteiger partial charge < -0.3 is 0 Å². The molecule has 1 nitrogen and oxygen atoms in total. The van der Waals surface area contributed by atoms with Crippen LogP contribution in [0.2, 0.25) is 0 Å². The van der Waals surface area contributed by atoms with Gasteiger partial charge in [0.25, 0.3) is 0 Å². The third kappa shape index (κ3) is 2.50. The molecular formula is C13H21N. The van der Waals surface area contributed by atoms with Gasteiger partial charge in [-0.25, -0.2) is 0 Å². The zero-order valence-electron chi connectivity index (χ0n) is 9.04. The van der Waals surface area contributed by atoms with Gasteiger partial charge in [0, 0.05) is 6.42 Å². The molecule has 2 rings (SSSR count). The third-order valence-electron chi connectivity index (χ3n) is 4.07. The normalized spacial score (nSPS) is 25.6. The number of rotatable bonds is 4. The molecule has 0 N–H and O–H groups in total. The van der Waals surface area contributed by atoms with Crippen LogP contribution in [0, 0.1) is 29.1 Å². The van der Waals surface area contributed by atoms with Crippen LogP contribution in [0.25, 0.3) is 0 Å². The summed E-state index contributed by atoms with van der Waals surface area (Å²) in [4.78, 5) is 0. The van der Waals surface area contributed by atoms with Gasteiger partial charge in [0.05, 0.1) is 6.07 Å². The Morgan fingerprint density at radius 2 is 1.64 bits per heavy atom. The van der Waals surface area contributed by atoms with E-state index in [4.69, 9.17) is 5.26 Å². The molecule has 0 heterocycles. The topological polar surface area (TPSA) is 23.8 Å². The first-order valence-electron chi connectivity index (χ1n) is 6.29. The second-order valence-corrected chi connectivity index (χ2v) is 5.10. The van der Waals surface area contributed by atoms with Crippen molar-refractivity contribution in [3.8, 4) is 6.07 Å². The third-order valence-corrected chi connectivity index (χ3v) is 4.07. The van der Waals surface area contributed by atoms with Gasteiger partial charge in [-0.1, -0.05) is 32.1 Å². The Labute approximate surface area is 87.5 Å². The molecule has 0 radical (unpaired) electrons. The summed E-state index contributed by atoms with van der Waals surface area (Å²) < 4.78 is 0. The summed E-state index contributed by atoms with van der Waals surface area (Å²) >= 11 is 0. The van der Waals surface area contributed by atoms with Crippen LogP contribution < -0.4 is 0 Å². The molecule has 2 fully saturated rings. The zero-order valence-corrected chi connectivity index (χ0v) is 9.04. The molecule has 0 spiro atoms. The van der Waals surface area contributed by atoms with E-state index in [1.54, 1.807) is 0 Å². The minimum absolute atomic E-state index is 0.789. The van der Waals surface area contributed by atoms with E-state index < -0.39 is 0 Å². The maximum absolute atomic E-state index is 8.67. The van der Waals surface area contributed by atoms with E-state index in [-0.39, 0.29) is 0 Å². The highest BCUT2D eigenvalue weighted by atomic mass is 14.4. The van der Waals surface area contributed by atoms with Gasteiger partial charge in [-0.2, -0.15) is 5.26 Å². The molecule has 14 heavy (non-hydrogen) atoms. The van der Waals surface area contributed by atoms with Crippen LogP contribution in [-0.4, -0.2) is 0 Å². The average Bonchev–Trinajstić information content (AvgIpc) is 3.04. The number of nitriles is 1. The molecule has 78 valence electrons. The van der Waals surface area contributed by atoms with Crippen molar-refractivity contribution in [2.45, 2.75) is 57.8 Å². The van der Waals surface area contributed by atoms with Crippen LogP contribution in [-0.2, 0) is 0 Å². The molecule has 0 aromatic carbocycles. The molecule has 1 heteroatoms. The highest BCUT2D eigenvalue weighted by Crippen LogP contribution is 2.46. The Balaban J connectivity index is 1.84. The molecule has 0 aliphatic heterocycles. The van der Waals surface area contributed by atoms with Gasteiger partial charge in [0.1, 0.15) is 0 Å². The maximum Gasteiger partial charge on any atom is 0.0621 e. The second-order valence-electron chi connectivity index (χ2n) is 5.10. The van der Waals surface area contributed by atoms with E-state index >= 15 is 0 Å². The lowest BCUT2D eigenvalue weighted by Crippen LogP contribution is -2.19. The summed E-state index contributed by atoms with van der Waals surface area (Å²) in [6.45, 7) is 0. The van der Waals surface area contributed by atoms with Crippen molar-refractivity contribution in [1.82, 2.24) is 0 Å². The van der Waals surface area contributed by atoms with Crippen molar-refractivity contribution < 1.29 is 0 Å². The quantitative estimate of drug-likeness (QED) is 0.661. The van der Waals surface area contributed by atoms with E-state index in [1.165, 1.54) is 51.4 Å². The molecule has 0 bridgehead atoms. The second kappa shape index (κ2) is 4.82. The predicted octanol–water partition coefficient (Wildman–Crippen LogP) is 3.90. The van der Waals surface area contributed by atoms with Crippen LogP contribution in [0.1, 0.15) is 57.8 Å². The standard InChI is InChI=1S/C13H21N/c14-10-4-7-13(12-8-9-12)11-5-2-1-3-6-11/h11-13H,1-9H2. The van der Waals surface area contributed by atoms with Gasteiger partial charge >= 0.3 is 0 Å². The van der Waals surface area contributed by atoms with Crippen LogP contribution in [0.4, 0.5) is 0 Å². The molecule has 0 aromatic rings. The lowest BCUT2D eigenvalue weighted by Gasteiger charge is -2.30. The van der Waals surface area contributed by atoms with Gasteiger partial charge in [-0.05, 0) is 37.0 Å². The van der Waals surface area contributed by atoms with Crippen LogP contribution in [0.5, 0.6) is 0 Å². The first-order valence-corrected chi connectivity index (χ1v) is 6.29. The van der Waals surface area contributed by atoms with Gasteiger partial charge in [0.15, 0.2) is 0 Å². The fourth-order valence-corrected chi connectivity index (χ4v) is 3.17. The minimum Gasteiger partial charge on any atom is -0.198 e. The van der Waals surface area contributed by atoms with E-state index in [0.29, 0.717) is 0 Å². The molecule has 2 saturated carbocycles. The Kier molecular flexibility index (Phi) is 3.45. The molecule has 0 aromatic heterocycles. The summed E-state index contributed by atoms with van der Waals surface area (Å²) in [5, 5.41) is 8.67. The maximum atomic E-state index is 8.67. The van der Waals surface area contributed by atoms with Crippen LogP contribution in [0.15, 0.2) is 0 Å². The van der Waals surface area contributed by atoms with Gasteiger partial charge in [0.2, 0.25) is 0 Å². The fourth-order valence-electron chi connectivity index (χ4n) is 3.17. The Bertz CT molecular complexity index is 206. The highest BCUT2D eigenvalue weighted by molar-refractivity contribution is 4.88. The summed E-state index contributed by atoms with van der Waals surface area (Å²) in [6, 6.07) is 2.32. The smallest absolute Gasteiger partial charge is 0.0621 e. The summed E-state index contributed by atoms with van der Waals surface area (Å²) in [7, 11) is 0. The van der Waals surface area contributed by atoms with E-state index in [1.807, 2.05) is 0 Å². The molecule has 1 atom stereocenters. The van der Waals surface area contributed by atoms with Gasteiger partial charge in [-0.15, -0.1) is 0 Å². The first kappa shape index (κ1) is 10.0. The summed E-state index contributed by atoms with van der Waals surface area (Å²) in [5.74, 6) is 2.89. The minimum atomic E-state index is 0.789. The van der Waals surface area contributed by atoms with Crippen LogP contribution in [0.3, 0.4) is 0 Å². The van der Waals surface area contributed by atoms with Gasteiger partial charge in [-0.3, -0.25) is 0 Å². The SMILES string of the molecule is N#CCCC(C1CCCCC1)C1CC1. The van der Waals surface area contributed by atoms with Crippen LogP contribution >= 0.6 is 0 Å². The fraction of sp³-hybridized carbons (Fsp3) is 0.923. The summed E-state index contributed by atoms with van der Waals surface area (Å²) in [6.07, 6.45) is 12.1. The largest absolute Gasteiger partial charge is 0.198 e. The van der Waals surface area contributed by atoms with Crippen molar-refractivity contribution in [1.29, 1.82) is 5.26 Å². The lowest BCUT2D eigenvalue weighted by molar-refractivity contribution is 0.213. The van der Waals surface area contributed by atoms with Crippen molar-refractivity contribution in [3.05, 3.63) is 0 Å². The van der Waals surface area contributed by atoms with E-state index in [2.05, 4.69) is 6.07 Å². The molecule has 0 saturated heterocycles. The number of hydrogen-bond donors (Lipinski definition) is 0. The zero-order chi connectivity index (χ0) is 9.80. The Hall–Kier alpha value is -0.510. The van der Waals surface area contributed by atoms with E-state index in [9.17, 15) is 0 Å². The first-order chi connectivity index (χ1) is 6.92. The predicted molar refractivity (Wildman–Crippen MR) is 57.6 cm³/mol. The molecule has 1 unspecified atom stereocenters. The molecule has 2 aliphatic rings. The van der Waals surface area contributed by atoms with E-state index in [0.717, 1.165) is 24.2 Å². The monoisotopic (exact) mass is 191 g/mol. The number of hydrogen-bond acceptors (Lipinski definition) is 1. The molecule has 2 aliphatic carbocycles. The molecular weight excluding hydrogens is 170 g/mol. The number of nitrogens with zero attached hydrogens (tertiary/aromatic N) is 1. The van der Waals surface area contributed by atoms with Crippen molar-refractivity contribution in [2.75, 3.05) is 0 Å². The average molecular weight is 191 g/mol. The lowest BCUT2D eigenvalue weighted by atomic mass is 9.76. The Morgan fingerprint density at radius 1 is 1.00 bits per heavy atom. The van der Waals surface area contributed by atoms with Crippen molar-refractivity contribution in [3.63, 3.8) is 0 Å². The summed E-state index contributed by atoms with van der Waals surface area (Å²) in [5.41, 5.74) is 0. The Morgan fingerprint density at radius 3 is 2.21 bits per heavy atom. The van der Waals surface area contributed by atoms with Crippen molar-refractivity contribution in [2.24, 2.45) is 17.8 Å².